The fourth-order valence-corrected chi connectivity index (χ4v) is 1.63. The molecule has 0 radical (unpaired) electrons. The molecular formula is C11H17NO3. The van der Waals surface area contributed by atoms with Crippen molar-refractivity contribution in [2.75, 3.05) is 13.1 Å². The molecule has 1 rings (SSSR count). The van der Waals surface area contributed by atoms with Crippen LogP contribution in [0.5, 0.6) is 0 Å². The van der Waals surface area contributed by atoms with Crippen molar-refractivity contribution in [3.63, 3.8) is 0 Å². The summed E-state index contributed by atoms with van der Waals surface area (Å²) in [6.07, 6.45) is 0.751. The lowest BCUT2D eigenvalue weighted by Gasteiger charge is -2.17. The SMILES string of the molecule is C=C(C)C(=O)C(O)CCN1CCCC1=O. The maximum Gasteiger partial charge on any atom is 0.222 e. The van der Waals surface area contributed by atoms with Crippen molar-refractivity contribution in [1.29, 1.82) is 0 Å². The maximum absolute atomic E-state index is 11.3. The molecule has 0 aliphatic carbocycles. The monoisotopic (exact) mass is 211 g/mol. The van der Waals surface area contributed by atoms with E-state index in [1.165, 1.54) is 0 Å². The van der Waals surface area contributed by atoms with Crippen molar-refractivity contribution < 1.29 is 14.7 Å². The lowest BCUT2D eigenvalue weighted by molar-refractivity contribution is -0.129. The summed E-state index contributed by atoms with van der Waals surface area (Å²) in [7, 11) is 0. The first kappa shape index (κ1) is 11.9. The quantitative estimate of drug-likeness (QED) is 0.674. The summed E-state index contributed by atoms with van der Waals surface area (Å²) in [6.45, 7) is 6.26. The van der Waals surface area contributed by atoms with Crippen LogP contribution in [0.15, 0.2) is 12.2 Å². The molecule has 4 heteroatoms. The molecule has 4 nitrogen and oxygen atoms in total. The molecular weight excluding hydrogens is 194 g/mol. The Bertz CT molecular complexity index is 286. The Morgan fingerprint density at radius 1 is 1.67 bits per heavy atom. The largest absolute Gasteiger partial charge is 0.385 e. The summed E-state index contributed by atoms with van der Waals surface area (Å²) in [5.74, 6) is -0.216. The summed E-state index contributed by atoms with van der Waals surface area (Å²) in [5.41, 5.74) is 0.357. The molecule has 0 saturated carbocycles. The van der Waals surface area contributed by atoms with Gasteiger partial charge in [-0.15, -0.1) is 0 Å². The summed E-state index contributed by atoms with van der Waals surface area (Å²) >= 11 is 0. The molecule has 1 amide bonds. The number of aliphatic hydroxyl groups is 1. The average Bonchev–Trinajstić information content (AvgIpc) is 2.59. The van der Waals surface area contributed by atoms with E-state index in [4.69, 9.17) is 0 Å². The summed E-state index contributed by atoms with van der Waals surface area (Å²) in [5, 5.41) is 9.49. The van der Waals surface area contributed by atoms with Crippen LogP contribution in [-0.2, 0) is 9.59 Å². The number of likely N-dealkylation sites (tertiary alicyclic amines) is 1. The molecule has 0 aromatic rings. The maximum atomic E-state index is 11.3. The van der Waals surface area contributed by atoms with Crippen molar-refractivity contribution in [2.45, 2.75) is 32.3 Å². The molecule has 15 heavy (non-hydrogen) atoms. The summed E-state index contributed by atoms with van der Waals surface area (Å²) in [4.78, 5) is 24.2. The smallest absolute Gasteiger partial charge is 0.222 e. The van der Waals surface area contributed by atoms with E-state index in [1.54, 1.807) is 11.8 Å². The molecule has 1 saturated heterocycles. The summed E-state index contributed by atoms with van der Waals surface area (Å²) < 4.78 is 0. The van der Waals surface area contributed by atoms with Crippen LogP contribution in [0, 0.1) is 0 Å². The van der Waals surface area contributed by atoms with Gasteiger partial charge in [0.2, 0.25) is 5.91 Å². The van der Waals surface area contributed by atoms with E-state index in [0.717, 1.165) is 13.0 Å². The van der Waals surface area contributed by atoms with Crippen LogP contribution in [0.2, 0.25) is 0 Å². The minimum Gasteiger partial charge on any atom is -0.385 e. The molecule has 1 aliphatic rings. The molecule has 0 bridgehead atoms. The van der Waals surface area contributed by atoms with Gasteiger partial charge >= 0.3 is 0 Å². The Hall–Kier alpha value is -1.16. The first-order chi connectivity index (χ1) is 7.02. The molecule has 0 aromatic heterocycles. The van der Waals surface area contributed by atoms with Gasteiger partial charge in [-0.3, -0.25) is 9.59 Å². The van der Waals surface area contributed by atoms with E-state index in [-0.39, 0.29) is 11.7 Å². The average molecular weight is 211 g/mol. The predicted molar refractivity (Wildman–Crippen MR) is 56.3 cm³/mol. The fraction of sp³-hybridized carbons (Fsp3) is 0.636. The third-order valence-corrected chi connectivity index (χ3v) is 2.57. The Morgan fingerprint density at radius 2 is 2.33 bits per heavy atom. The number of carbonyl (C=O) groups excluding carboxylic acids is 2. The highest BCUT2D eigenvalue weighted by Crippen LogP contribution is 2.11. The van der Waals surface area contributed by atoms with E-state index in [1.807, 2.05) is 0 Å². The fourth-order valence-electron chi connectivity index (χ4n) is 1.63. The van der Waals surface area contributed by atoms with Crippen molar-refractivity contribution in [1.82, 2.24) is 4.90 Å². The number of rotatable bonds is 5. The lowest BCUT2D eigenvalue weighted by atomic mass is 10.1. The van der Waals surface area contributed by atoms with Gasteiger partial charge in [-0.1, -0.05) is 6.58 Å². The zero-order valence-corrected chi connectivity index (χ0v) is 9.03. The predicted octanol–water partition coefficient (Wildman–Crippen LogP) is 0.505. The van der Waals surface area contributed by atoms with Gasteiger partial charge in [0.05, 0.1) is 0 Å². The van der Waals surface area contributed by atoms with Crippen molar-refractivity contribution >= 4 is 11.7 Å². The van der Waals surface area contributed by atoms with Crippen molar-refractivity contribution in [3.8, 4) is 0 Å². The highest BCUT2D eigenvalue weighted by Gasteiger charge is 2.22. The molecule has 0 spiro atoms. The second-order valence-corrected chi connectivity index (χ2v) is 3.93. The van der Waals surface area contributed by atoms with Crippen LogP contribution in [0.3, 0.4) is 0 Å². The van der Waals surface area contributed by atoms with Crippen LogP contribution >= 0.6 is 0 Å². The summed E-state index contributed by atoms with van der Waals surface area (Å²) in [6, 6.07) is 0. The van der Waals surface area contributed by atoms with Crippen molar-refractivity contribution in [2.24, 2.45) is 0 Å². The van der Waals surface area contributed by atoms with Crippen LogP contribution < -0.4 is 0 Å². The Kier molecular flexibility index (Phi) is 4.03. The van der Waals surface area contributed by atoms with Gasteiger partial charge in [0.1, 0.15) is 6.10 Å². The Labute approximate surface area is 89.6 Å². The topological polar surface area (TPSA) is 57.6 Å². The Balaban J connectivity index is 2.33. The second-order valence-electron chi connectivity index (χ2n) is 3.93. The van der Waals surface area contributed by atoms with E-state index in [9.17, 15) is 14.7 Å². The number of carbonyl (C=O) groups is 2. The van der Waals surface area contributed by atoms with Gasteiger partial charge in [-0.25, -0.2) is 0 Å². The first-order valence-corrected chi connectivity index (χ1v) is 5.18. The molecule has 1 N–H and O–H groups in total. The highest BCUT2D eigenvalue weighted by atomic mass is 16.3. The van der Waals surface area contributed by atoms with Gasteiger partial charge in [-0.05, 0) is 25.3 Å². The van der Waals surface area contributed by atoms with Crippen LogP contribution in [0.4, 0.5) is 0 Å². The normalized spacial score (nSPS) is 18.0. The van der Waals surface area contributed by atoms with Crippen LogP contribution in [0.1, 0.15) is 26.2 Å². The number of ketones is 1. The van der Waals surface area contributed by atoms with Crippen LogP contribution in [0.25, 0.3) is 0 Å². The highest BCUT2D eigenvalue weighted by molar-refractivity contribution is 5.97. The van der Waals surface area contributed by atoms with Gasteiger partial charge < -0.3 is 10.0 Å². The van der Waals surface area contributed by atoms with E-state index in [0.29, 0.717) is 25.0 Å². The Morgan fingerprint density at radius 3 is 2.80 bits per heavy atom. The molecule has 1 atom stereocenters. The minimum absolute atomic E-state index is 0.116. The number of Topliss-reactive ketones (excluding diaryl/α,β-unsaturated/α-hetero) is 1. The third-order valence-electron chi connectivity index (χ3n) is 2.57. The number of nitrogens with zero attached hydrogens (tertiary/aromatic N) is 1. The molecule has 1 unspecified atom stereocenters. The van der Waals surface area contributed by atoms with Crippen LogP contribution in [-0.4, -0.2) is 40.9 Å². The standard InChI is InChI=1S/C11H17NO3/c1-8(2)11(15)9(13)5-7-12-6-3-4-10(12)14/h9,13H,1,3-7H2,2H3. The number of aliphatic hydroxyl groups excluding tert-OH is 1. The number of hydrogen-bond donors (Lipinski definition) is 1. The zero-order chi connectivity index (χ0) is 11.4. The van der Waals surface area contributed by atoms with Gasteiger partial charge in [0.25, 0.3) is 0 Å². The van der Waals surface area contributed by atoms with E-state index < -0.39 is 6.10 Å². The molecule has 0 aromatic carbocycles. The minimum atomic E-state index is -1.02. The molecule has 1 heterocycles. The lowest BCUT2D eigenvalue weighted by Crippen LogP contribution is -2.31. The number of amides is 1. The zero-order valence-electron chi connectivity index (χ0n) is 9.03. The third kappa shape index (κ3) is 3.16. The van der Waals surface area contributed by atoms with Gasteiger partial charge in [0, 0.05) is 19.5 Å². The van der Waals surface area contributed by atoms with Gasteiger partial charge in [0.15, 0.2) is 5.78 Å². The molecule has 1 fully saturated rings. The molecule has 1 aliphatic heterocycles. The number of hydrogen-bond acceptors (Lipinski definition) is 3. The second kappa shape index (κ2) is 5.07. The van der Waals surface area contributed by atoms with Crippen molar-refractivity contribution in [3.05, 3.63) is 12.2 Å². The van der Waals surface area contributed by atoms with E-state index in [2.05, 4.69) is 6.58 Å². The van der Waals surface area contributed by atoms with E-state index >= 15 is 0 Å². The molecule has 84 valence electrons. The van der Waals surface area contributed by atoms with Gasteiger partial charge in [-0.2, -0.15) is 0 Å². The first-order valence-electron chi connectivity index (χ1n) is 5.18.